The maximum absolute atomic E-state index is 5.69. The molecule has 1 aromatic rings. The van der Waals surface area contributed by atoms with Crippen LogP contribution in [0.1, 0.15) is 13.8 Å². The molecule has 0 amide bonds. The molecular formula is C14H21O5. The van der Waals surface area contributed by atoms with E-state index in [0.717, 1.165) is 0 Å². The molecule has 0 aliphatic heterocycles. The number of hydrogen-bond donors (Lipinski definition) is 0. The van der Waals surface area contributed by atoms with Crippen LogP contribution in [0.15, 0.2) is 24.3 Å². The van der Waals surface area contributed by atoms with E-state index in [9.17, 15) is 0 Å². The third-order valence-corrected chi connectivity index (χ3v) is 2.14. The Morgan fingerprint density at radius 2 is 1.63 bits per heavy atom. The number of benzene rings is 1. The molecule has 0 heterocycles. The van der Waals surface area contributed by atoms with Crippen molar-refractivity contribution in [3.63, 3.8) is 0 Å². The van der Waals surface area contributed by atoms with Gasteiger partial charge in [-0.2, -0.15) is 0 Å². The van der Waals surface area contributed by atoms with Gasteiger partial charge in [0.25, 0.3) is 0 Å². The normalized spacial score (nSPS) is 11.5. The Balaban J connectivity index is 2.75. The number of ether oxygens (including phenoxy) is 5. The van der Waals surface area contributed by atoms with Crippen LogP contribution in [-0.4, -0.2) is 39.7 Å². The van der Waals surface area contributed by atoms with Crippen molar-refractivity contribution in [3.8, 4) is 5.75 Å². The fourth-order valence-corrected chi connectivity index (χ4v) is 1.40. The van der Waals surface area contributed by atoms with Gasteiger partial charge in [-0.1, -0.05) is 12.1 Å². The molecule has 0 aromatic heterocycles. The van der Waals surface area contributed by atoms with Gasteiger partial charge in [-0.25, -0.2) is 0 Å². The molecule has 0 N–H and O–H groups in total. The van der Waals surface area contributed by atoms with Crippen LogP contribution >= 0.6 is 0 Å². The summed E-state index contributed by atoms with van der Waals surface area (Å²) in [5, 5.41) is 0. The molecular weight excluding hydrogens is 248 g/mol. The number of rotatable bonds is 10. The molecule has 0 unspecified atom stereocenters. The Labute approximate surface area is 114 Å². The molecule has 107 valence electrons. The number of methoxy groups -OCH3 is 1. The molecule has 0 spiro atoms. The molecule has 1 radical (unpaired) electrons. The topological polar surface area (TPSA) is 46.2 Å². The minimum absolute atomic E-state index is 0.301. The third-order valence-electron chi connectivity index (χ3n) is 2.14. The van der Waals surface area contributed by atoms with E-state index in [4.69, 9.17) is 23.7 Å². The van der Waals surface area contributed by atoms with Gasteiger partial charge in [0.1, 0.15) is 5.75 Å². The summed E-state index contributed by atoms with van der Waals surface area (Å²) < 4.78 is 27.2. The minimum Gasteiger partial charge on any atom is -0.416 e. The van der Waals surface area contributed by atoms with Gasteiger partial charge in [-0.15, -0.1) is 0 Å². The van der Waals surface area contributed by atoms with E-state index in [1.54, 1.807) is 31.4 Å². The Morgan fingerprint density at radius 3 is 2.16 bits per heavy atom. The lowest BCUT2D eigenvalue weighted by molar-refractivity contribution is -0.469. The highest BCUT2D eigenvalue weighted by Gasteiger charge is 2.36. The molecule has 0 atom stereocenters. The second kappa shape index (κ2) is 8.87. The Hall–Kier alpha value is -1.14. The molecule has 5 heteroatoms. The Morgan fingerprint density at radius 1 is 1.00 bits per heavy atom. The highest BCUT2D eigenvalue weighted by molar-refractivity contribution is 5.20. The number of hydrogen-bond acceptors (Lipinski definition) is 5. The van der Waals surface area contributed by atoms with Crippen molar-refractivity contribution in [1.82, 2.24) is 0 Å². The first-order chi connectivity index (χ1) is 9.26. The molecule has 5 nitrogen and oxygen atoms in total. The second-order valence-corrected chi connectivity index (χ2v) is 3.55. The van der Waals surface area contributed by atoms with Crippen LogP contribution in [-0.2, 0) is 18.9 Å². The van der Waals surface area contributed by atoms with E-state index < -0.39 is 6.16 Å². The van der Waals surface area contributed by atoms with Crippen LogP contribution in [0.5, 0.6) is 5.75 Å². The fourth-order valence-electron chi connectivity index (χ4n) is 1.40. The molecule has 1 rings (SSSR count). The molecule has 0 aliphatic carbocycles. The monoisotopic (exact) mass is 269 g/mol. The van der Waals surface area contributed by atoms with Crippen molar-refractivity contribution < 1.29 is 23.7 Å². The third kappa shape index (κ3) is 5.57. The maximum Gasteiger partial charge on any atom is 0.460 e. The summed E-state index contributed by atoms with van der Waals surface area (Å²) in [5.41, 5.74) is 0. The second-order valence-electron chi connectivity index (χ2n) is 3.55. The largest absolute Gasteiger partial charge is 0.460 e. The predicted molar refractivity (Wildman–Crippen MR) is 69.7 cm³/mol. The van der Waals surface area contributed by atoms with Crippen molar-refractivity contribution >= 4 is 0 Å². The van der Waals surface area contributed by atoms with Gasteiger partial charge >= 0.3 is 6.16 Å². The van der Waals surface area contributed by atoms with Crippen molar-refractivity contribution in [2.45, 2.75) is 20.0 Å². The summed E-state index contributed by atoms with van der Waals surface area (Å²) in [6, 6.07) is 9.91. The average Bonchev–Trinajstić information content (AvgIpc) is 2.41. The van der Waals surface area contributed by atoms with Crippen molar-refractivity contribution in [2.24, 2.45) is 0 Å². The SMILES string of the molecule is CCOC(OCC)(OCCOC)Oc1cc[c]cc1. The summed E-state index contributed by atoms with van der Waals surface area (Å²) in [4.78, 5) is 0. The van der Waals surface area contributed by atoms with E-state index in [2.05, 4.69) is 6.07 Å². The van der Waals surface area contributed by atoms with Gasteiger partial charge in [-0.3, -0.25) is 14.2 Å². The van der Waals surface area contributed by atoms with Crippen LogP contribution in [0.2, 0.25) is 0 Å². The van der Waals surface area contributed by atoms with Crippen LogP contribution in [0.25, 0.3) is 0 Å². The summed E-state index contributed by atoms with van der Waals surface area (Å²) in [6.45, 7) is 5.20. The Bertz CT molecular complexity index is 322. The molecule has 1 aromatic carbocycles. The quantitative estimate of drug-likeness (QED) is 0.481. The van der Waals surface area contributed by atoms with Crippen molar-refractivity contribution in [3.05, 3.63) is 30.3 Å². The van der Waals surface area contributed by atoms with Gasteiger partial charge in [-0.05, 0) is 32.0 Å². The highest BCUT2D eigenvalue weighted by Crippen LogP contribution is 2.22. The van der Waals surface area contributed by atoms with E-state index in [-0.39, 0.29) is 0 Å². The summed E-state index contributed by atoms with van der Waals surface area (Å²) >= 11 is 0. The molecule has 19 heavy (non-hydrogen) atoms. The van der Waals surface area contributed by atoms with E-state index in [0.29, 0.717) is 32.2 Å². The lowest BCUT2D eigenvalue weighted by atomic mass is 10.3. The smallest absolute Gasteiger partial charge is 0.416 e. The van der Waals surface area contributed by atoms with Gasteiger partial charge in [0.2, 0.25) is 0 Å². The molecule has 0 aliphatic rings. The first kappa shape index (κ1) is 15.9. The Kier molecular flexibility index (Phi) is 7.43. The summed E-state index contributed by atoms with van der Waals surface area (Å²) in [6.07, 6.45) is -1.54. The summed E-state index contributed by atoms with van der Waals surface area (Å²) in [7, 11) is 1.60. The van der Waals surface area contributed by atoms with Gasteiger partial charge in [0, 0.05) is 7.11 Å². The van der Waals surface area contributed by atoms with Crippen LogP contribution < -0.4 is 4.74 Å². The predicted octanol–water partition coefficient (Wildman–Crippen LogP) is 2.21. The first-order valence-corrected chi connectivity index (χ1v) is 6.32. The average molecular weight is 269 g/mol. The lowest BCUT2D eigenvalue weighted by Gasteiger charge is -2.31. The van der Waals surface area contributed by atoms with Crippen molar-refractivity contribution in [2.75, 3.05) is 33.5 Å². The van der Waals surface area contributed by atoms with Crippen LogP contribution in [0.4, 0.5) is 0 Å². The minimum atomic E-state index is -1.54. The van der Waals surface area contributed by atoms with E-state index in [1.807, 2.05) is 13.8 Å². The van der Waals surface area contributed by atoms with Crippen molar-refractivity contribution in [1.29, 1.82) is 0 Å². The van der Waals surface area contributed by atoms with Crippen LogP contribution in [0.3, 0.4) is 0 Å². The van der Waals surface area contributed by atoms with Crippen LogP contribution in [0, 0.1) is 6.07 Å². The molecule has 0 saturated heterocycles. The lowest BCUT2D eigenvalue weighted by Crippen LogP contribution is -2.46. The zero-order valence-corrected chi connectivity index (χ0v) is 11.7. The van der Waals surface area contributed by atoms with E-state index >= 15 is 0 Å². The molecule has 0 bridgehead atoms. The van der Waals surface area contributed by atoms with Gasteiger partial charge < -0.3 is 9.47 Å². The van der Waals surface area contributed by atoms with Gasteiger partial charge in [0.05, 0.1) is 26.4 Å². The van der Waals surface area contributed by atoms with Gasteiger partial charge in [0.15, 0.2) is 0 Å². The standard InChI is InChI=1S/C14H21O5/c1-4-16-14(17-5-2,18-12-11-15-3)19-13-9-7-6-8-10-13/h7-10H,4-5,11-12H2,1-3H3. The van der Waals surface area contributed by atoms with E-state index in [1.165, 1.54) is 0 Å². The summed E-state index contributed by atoms with van der Waals surface area (Å²) in [5.74, 6) is 0.582. The highest BCUT2D eigenvalue weighted by atomic mass is 17.0. The zero-order valence-electron chi connectivity index (χ0n) is 11.7. The first-order valence-electron chi connectivity index (χ1n) is 6.32. The fraction of sp³-hybridized carbons (Fsp3) is 0.571. The molecule has 0 saturated carbocycles. The zero-order chi connectivity index (χ0) is 14.0. The molecule has 0 fully saturated rings. The maximum atomic E-state index is 5.69.